The summed E-state index contributed by atoms with van der Waals surface area (Å²) in [7, 11) is 0. The number of piperazine rings is 1. The summed E-state index contributed by atoms with van der Waals surface area (Å²) >= 11 is 8.67. The Morgan fingerprint density at radius 2 is 1.79 bits per heavy atom. The summed E-state index contributed by atoms with van der Waals surface area (Å²) in [5.74, 6) is -0.743. The molecule has 29 heavy (non-hydrogen) atoms. The van der Waals surface area contributed by atoms with Gasteiger partial charge < -0.3 is 15.1 Å². The van der Waals surface area contributed by atoms with Gasteiger partial charge in [-0.25, -0.2) is 0 Å². The van der Waals surface area contributed by atoms with Crippen molar-refractivity contribution in [2.45, 2.75) is 10.8 Å². The van der Waals surface area contributed by atoms with Gasteiger partial charge in [-0.2, -0.15) is 15.1 Å². The molecule has 1 aliphatic carbocycles. The summed E-state index contributed by atoms with van der Waals surface area (Å²) < 4.78 is 1.40. The Hall–Kier alpha value is -2.34. The van der Waals surface area contributed by atoms with Crippen LogP contribution < -0.4 is 9.47 Å². The van der Waals surface area contributed by atoms with Gasteiger partial charge in [0.05, 0.1) is 28.5 Å². The number of ketones is 1. The molecule has 1 unspecified atom stereocenters. The van der Waals surface area contributed by atoms with Gasteiger partial charge in [-0.05, 0) is 0 Å². The minimum Gasteiger partial charge on any atom is -0.391 e. The van der Waals surface area contributed by atoms with E-state index in [1.54, 1.807) is 24.5 Å². The Balaban J connectivity index is 1.88. The molecule has 1 aromatic rings. The average molecular weight is 431 g/mol. The van der Waals surface area contributed by atoms with Crippen LogP contribution in [0.1, 0.15) is 0 Å². The molecule has 2 N–H and O–H groups in total. The normalized spacial score (nSPS) is 20.9. The number of allylic oxidation sites excluding steroid dienone is 1. The number of rotatable bonds is 4. The fourth-order valence-corrected chi connectivity index (χ4v) is 3.97. The Kier molecular flexibility index (Phi) is 6.63. The smallest absolute Gasteiger partial charge is 0.230 e. The number of carbonyl (C=O) groups excluding carboxylic acids is 1. The second-order valence-corrected chi connectivity index (χ2v) is 7.98. The first-order chi connectivity index (χ1) is 13.9. The molecule has 3 rings (SSSR count). The maximum atomic E-state index is 12.5. The zero-order chi connectivity index (χ0) is 21.1. The predicted octanol–water partition coefficient (Wildman–Crippen LogP) is -0.270. The maximum absolute atomic E-state index is 12.5. The van der Waals surface area contributed by atoms with Crippen LogP contribution in [-0.2, 0) is 4.79 Å². The molecule has 0 saturated carbocycles. The van der Waals surface area contributed by atoms with Crippen LogP contribution in [0.25, 0.3) is 5.70 Å². The van der Waals surface area contributed by atoms with E-state index in [9.17, 15) is 20.3 Å². The van der Waals surface area contributed by atoms with Crippen LogP contribution in [0.2, 0.25) is 0 Å². The first kappa shape index (κ1) is 21.4. The van der Waals surface area contributed by atoms with Gasteiger partial charge in [0.25, 0.3) is 0 Å². The van der Waals surface area contributed by atoms with Gasteiger partial charge in [-0.1, -0.05) is 0 Å². The second-order valence-electron chi connectivity index (χ2n) is 6.60. The largest absolute Gasteiger partial charge is 0.391 e. The van der Waals surface area contributed by atoms with E-state index in [1.807, 2.05) is 12.1 Å². The predicted molar refractivity (Wildman–Crippen MR) is 112 cm³/mol. The Morgan fingerprint density at radius 1 is 1.17 bits per heavy atom. The van der Waals surface area contributed by atoms with Crippen LogP contribution >= 0.6 is 25.3 Å². The molecular formula is C19H20N5O3S2+. The van der Waals surface area contributed by atoms with Crippen molar-refractivity contribution in [2.24, 2.45) is 0 Å². The number of carbonyl (C=O) groups is 1. The van der Waals surface area contributed by atoms with E-state index in [2.05, 4.69) is 35.1 Å². The molecule has 10 heteroatoms. The van der Waals surface area contributed by atoms with Crippen molar-refractivity contribution in [2.75, 3.05) is 37.7 Å². The van der Waals surface area contributed by atoms with Crippen LogP contribution in [-0.4, -0.2) is 64.5 Å². The van der Waals surface area contributed by atoms with E-state index in [1.165, 1.54) is 4.57 Å². The van der Waals surface area contributed by atoms with Crippen molar-refractivity contribution in [1.82, 2.24) is 4.90 Å². The fraction of sp³-hybridized carbons (Fsp3) is 0.368. The third kappa shape index (κ3) is 4.04. The van der Waals surface area contributed by atoms with Crippen molar-refractivity contribution in [3.05, 3.63) is 41.2 Å². The molecule has 150 valence electrons. The van der Waals surface area contributed by atoms with Gasteiger partial charge in [0.2, 0.25) is 11.5 Å². The van der Waals surface area contributed by atoms with Gasteiger partial charge in [0, 0.05) is 44.0 Å². The summed E-state index contributed by atoms with van der Waals surface area (Å²) in [5, 5.41) is 38.7. The number of aromatic nitrogens is 1. The van der Waals surface area contributed by atoms with Crippen LogP contribution in [0.3, 0.4) is 0 Å². The molecule has 2 heterocycles. The summed E-state index contributed by atoms with van der Waals surface area (Å²) in [6.45, 7) is 2.61. The van der Waals surface area contributed by atoms with Gasteiger partial charge in [-0.3, -0.25) is 9.69 Å². The number of aliphatic hydroxyl groups excluding tert-OH is 2. The molecule has 1 fully saturated rings. The van der Waals surface area contributed by atoms with E-state index in [0.717, 1.165) is 31.9 Å². The van der Waals surface area contributed by atoms with Gasteiger partial charge in [0.15, 0.2) is 18.5 Å². The summed E-state index contributed by atoms with van der Waals surface area (Å²) in [6.07, 6.45) is 1.85. The summed E-state index contributed by atoms with van der Waals surface area (Å²) in [6, 6.07) is 7.07. The number of thiol groups is 2. The lowest BCUT2D eigenvalue weighted by Gasteiger charge is -2.37. The lowest BCUT2D eigenvalue weighted by atomic mass is 9.87. The number of hydrogen-bond donors (Lipinski definition) is 4. The third-order valence-corrected chi connectivity index (χ3v) is 5.75. The monoisotopic (exact) mass is 430 g/mol. The van der Waals surface area contributed by atoms with E-state index >= 15 is 0 Å². The molecule has 8 nitrogen and oxygen atoms in total. The zero-order valence-electron chi connectivity index (χ0n) is 15.4. The molecule has 1 saturated heterocycles. The number of Topliss-reactive ketones (excluding diaryl/α,β-unsaturated/α-hetero) is 1. The van der Waals surface area contributed by atoms with Crippen LogP contribution in [0.4, 0.5) is 5.69 Å². The van der Waals surface area contributed by atoms with Gasteiger partial charge >= 0.3 is 0 Å². The fourth-order valence-electron chi connectivity index (χ4n) is 3.51. The molecule has 1 aliphatic heterocycles. The lowest BCUT2D eigenvalue weighted by Crippen LogP contribution is -2.48. The first-order valence-corrected chi connectivity index (χ1v) is 9.94. The Bertz CT molecular complexity index is 952. The van der Waals surface area contributed by atoms with Crippen LogP contribution in [0.5, 0.6) is 0 Å². The maximum Gasteiger partial charge on any atom is 0.230 e. The van der Waals surface area contributed by atoms with Crippen LogP contribution in [0, 0.1) is 22.7 Å². The highest BCUT2D eigenvalue weighted by Crippen LogP contribution is 2.28. The second kappa shape index (κ2) is 8.99. The molecular weight excluding hydrogens is 410 g/mol. The number of anilines is 1. The number of aliphatic hydroxyl groups is 2. The highest BCUT2D eigenvalue weighted by Gasteiger charge is 2.40. The lowest BCUT2D eigenvalue weighted by molar-refractivity contribution is -0.586. The molecule has 0 amide bonds. The summed E-state index contributed by atoms with van der Waals surface area (Å²) in [5.41, 5.74) is 0.192. The molecule has 2 aliphatic rings. The Morgan fingerprint density at radius 3 is 2.28 bits per heavy atom. The number of nitriles is 2. The van der Waals surface area contributed by atoms with E-state index in [4.69, 9.17) is 5.26 Å². The van der Waals surface area contributed by atoms with Gasteiger partial charge in [0.1, 0.15) is 11.6 Å². The van der Waals surface area contributed by atoms with E-state index < -0.39 is 24.1 Å². The quantitative estimate of drug-likeness (QED) is 0.295. The topological polar surface area (TPSA) is 115 Å². The highest BCUT2D eigenvalue weighted by molar-refractivity contribution is 7.99. The Labute approximate surface area is 179 Å². The minimum atomic E-state index is -1.48. The van der Waals surface area contributed by atoms with Gasteiger partial charge in [-0.15, -0.1) is 25.3 Å². The molecule has 0 spiro atoms. The van der Waals surface area contributed by atoms with Crippen molar-refractivity contribution in [3.63, 3.8) is 0 Å². The SMILES string of the molecule is N#CC1=C(C#N)C(O)C([n+]2ccc(N3CCN(C(S)S)CC3)cc2)=C(CO)C1=O. The van der Waals surface area contributed by atoms with E-state index in [0.29, 0.717) is 0 Å². The van der Waals surface area contributed by atoms with Crippen molar-refractivity contribution in [3.8, 4) is 12.1 Å². The molecule has 0 bridgehead atoms. The van der Waals surface area contributed by atoms with Crippen molar-refractivity contribution < 1.29 is 19.6 Å². The number of hydrogen-bond acceptors (Lipinski definition) is 9. The molecule has 0 aromatic carbocycles. The van der Waals surface area contributed by atoms with Crippen molar-refractivity contribution in [1.29, 1.82) is 10.5 Å². The number of pyridine rings is 1. The standard InChI is InChI=1S/C19H19N5O3S2/c20-9-13-14(10-21)18(27)16(15(11-25)17(13)26)23-3-1-12(2-4-23)22-5-7-24(8-6-22)19(28)29/h1-4,18-19,25,27H,5-8,11H2,(H-,28,29)/p+1. The molecule has 1 atom stereocenters. The van der Waals surface area contributed by atoms with Crippen LogP contribution in [0.15, 0.2) is 41.2 Å². The highest BCUT2D eigenvalue weighted by atomic mass is 32.2. The zero-order valence-corrected chi connectivity index (χ0v) is 17.2. The summed E-state index contributed by atoms with van der Waals surface area (Å²) in [4.78, 5) is 16.8. The third-order valence-electron chi connectivity index (χ3n) is 5.10. The first-order valence-electron chi connectivity index (χ1n) is 8.90. The van der Waals surface area contributed by atoms with Crippen molar-refractivity contribution >= 4 is 42.4 Å². The molecule has 0 radical (unpaired) electrons. The molecule has 1 aromatic heterocycles. The average Bonchev–Trinajstić information content (AvgIpc) is 2.74. The van der Waals surface area contributed by atoms with E-state index in [-0.39, 0.29) is 21.5 Å². The minimum absolute atomic E-state index is 0.0809. The number of nitrogens with zero attached hydrogens (tertiary/aromatic N) is 5.